The molecule has 0 radical (unpaired) electrons. The standard InChI is InChI=1S/C28H23IN4O5S/c1-2-37-24-13-18(12-23(29)26(24)38-16-17-6-5-7-20(11-17)33(35)36)10-19(14-30)27(34)32-28-22(15-31)21-8-3-4-9-25(21)39-28/h5-7,10-13H,2-4,8-9,16H2,1H3,(H,32,34)/b19-10+. The maximum Gasteiger partial charge on any atom is 0.269 e. The average Bonchev–Trinajstić information content (AvgIpc) is 3.28. The highest BCUT2D eigenvalue weighted by molar-refractivity contribution is 14.1. The highest BCUT2D eigenvalue weighted by atomic mass is 127. The fourth-order valence-electron chi connectivity index (χ4n) is 4.25. The fourth-order valence-corrected chi connectivity index (χ4v) is 6.26. The van der Waals surface area contributed by atoms with Crippen molar-refractivity contribution in [3.8, 4) is 23.6 Å². The largest absolute Gasteiger partial charge is 0.490 e. The number of carbonyl (C=O) groups is 1. The Morgan fingerprint density at radius 2 is 2.03 bits per heavy atom. The van der Waals surface area contributed by atoms with Crippen molar-refractivity contribution < 1.29 is 19.2 Å². The number of nitrogens with one attached hydrogen (secondary N) is 1. The molecule has 9 nitrogen and oxygen atoms in total. The second-order valence-corrected chi connectivity index (χ2v) is 10.9. The van der Waals surface area contributed by atoms with Crippen molar-refractivity contribution in [1.29, 1.82) is 10.5 Å². The van der Waals surface area contributed by atoms with Crippen LogP contribution in [0.2, 0.25) is 0 Å². The molecule has 39 heavy (non-hydrogen) atoms. The summed E-state index contributed by atoms with van der Waals surface area (Å²) >= 11 is 3.48. The lowest BCUT2D eigenvalue weighted by molar-refractivity contribution is -0.384. The maximum absolute atomic E-state index is 13.0. The zero-order valence-electron chi connectivity index (χ0n) is 21.0. The Bertz CT molecular complexity index is 1550. The summed E-state index contributed by atoms with van der Waals surface area (Å²) in [5.41, 5.74) is 2.53. The Labute approximate surface area is 243 Å². The normalized spacial score (nSPS) is 12.6. The van der Waals surface area contributed by atoms with Gasteiger partial charge in [0.25, 0.3) is 11.6 Å². The van der Waals surface area contributed by atoms with Gasteiger partial charge in [-0.2, -0.15) is 10.5 Å². The van der Waals surface area contributed by atoms with Gasteiger partial charge >= 0.3 is 0 Å². The van der Waals surface area contributed by atoms with Gasteiger partial charge in [0.1, 0.15) is 29.3 Å². The second-order valence-electron chi connectivity index (χ2n) is 8.63. The molecule has 1 N–H and O–H groups in total. The van der Waals surface area contributed by atoms with E-state index in [1.807, 2.05) is 13.0 Å². The summed E-state index contributed by atoms with van der Waals surface area (Å²) in [7, 11) is 0. The van der Waals surface area contributed by atoms with Gasteiger partial charge in [0, 0.05) is 17.0 Å². The monoisotopic (exact) mass is 654 g/mol. The summed E-state index contributed by atoms with van der Waals surface area (Å²) in [4.78, 5) is 24.7. The summed E-state index contributed by atoms with van der Waals surface area (Å²) in [6.45, 7) is 2.26. The summed E-state index contributed by atoms with van der Waals surface area (Å²) in [5.74, 6) is 0.273. The maximum atomic E-state index is 13.0. The Kier molecular flexibility index (Phi) is 9.17. The third kappa shape index (κ3) is 6.56. The molecule has 1 aliphatic rings. The number of hydrogen-bond donors (Lipinski definition) is 1. The van der Waals surface area contributed by atoms with Crippen LogP contribution in [0.25, 0.3) is 6.08 Å². The summed E-state index contributed by atoms with van der Waals surface area (Å²) in [6, 6.07) is 13.8. The van der Waals surface area contributed by atoms with Crippen LogP contribution in [0, 0.1) is 36.3 Å². The number of nitro groups is 1. The number of nitrogens with zero attached hydrogens (tertiary/aromatic N) is 3. The number of benzene rings is 2. The number of aryl methyl sites for hydroxylation is 1. The van der Waals surface area contributed by atoms with E-state index in [9.17, 15) is 25.4 Å². The van der Waals surface area contributed by atoms with Crippen LogP contribution in [0.1, 0.15) is 46.9 Å². The number of hydrogen-bond acceptors (Lipinski definition) is 8. The van der Waals surface area contributed by atoms with Crippen LogP contribution in [0.3, 0.4) is 0 Å². The van der Waals surface area contributed by atoms with E-state index in [2.05, 4.69) is 34.0 Å². The molecule has 1 amide bonds. The Morgan fingerprint density at radius 3 is 2.74 bits per heavy atom. The Morgan fingerprint density at radius 1 is 1.23 bits per heavy atom. The highest BCUT2D eigenvalue weighted by Crippen LogP contribution is 2.38. The highest BCUT2D eigenvalue weighted by Gasteiger charge is 2.23. The lowest BCUT2D eigenvalue weighted by Gasteiger charge is -2.15. The molecule has 0 saturated heterocycles. The first-order valence-electron chi connectivity index (χ1n) is 12.1. The van der Waals surface area contributed by atoms with Crippen molar-refractivity contribution in [2.75, 3.05) is 11.9 Å². The third-order valence-electron chi connectivity index (χ3n) is 6.02. The van der Waals surface area contributed by atoms with E-state index >= 15 is 0 Å². The van der Waals surface area contributed by atoms with E-state index in [-0.39, 0.29) is 17.9 Å². The molecule has 4 rings (SSSR count). The number of thiophene rings is 1. The number of anilines is 1. The molecule has 11 heteroatoms. The van der Waals surface area contributed by atoms with Gasteiger partial charge in [-0.25, -0.2) is 0 Å². The number of amides is 1. The van der Waals surface area contributed by atoms with E-state index in [1.165, 1.54) is 29.5 Å². The molecular weight excluding hydrogens is 631 g/mol. The molecule has 1 aromatic heterocycles. The number of nitro benzene ring substituents is 1. The predicted molar refractivity (Wildman–Crippen MR) is 156 cm³/mol. The molecule has 0 saturated carbocycles. The van der Waals surface area contributed by atoms with Crippen molar-refractivity contribution in [2.24, 2.45) is 0 Å². The number of ether oxygens (including phenoxy) is 2. The molecule has 1 aliphatic carbocycles. The van der Waals surface area contributed by atoms with Gasteiger partial charge in [-0.15, -0.1) is 11.3 Å². The first-order valence-corrected chi connectivity index (χ1v) is 14.0. The molecule has 3 aromatic rings. The molecule has 0 aliphatic heterocycles. The summed E-state index contributed by atoms with van der Waals surface area (Å²) in [6.07, 6.45) is 5.24. The van der Waals surface area contributed by atoms with E-state index in [1.54, 1.807) is 24.3 Å². The topological polar surface area (TPSA) is 138 Å². The Hall–Kier alpha value is -3.94. The second kappa shape index (κ2) is 12.7. The first-order chi connectivity index (χ1) is 18.8. The molecular formula is C28H23IN4O5S. The minimum atomic E-state index is -0.591. The van der Waals surface area contributed by atoms with Crippen LogP contribution in [0.5, 0.6) is 11.5 Å². The van der Waals surface area contributed by atoms with Crippen LogP contribution in [-0.4, -0.2) is 17.4 Å². The first kappa shape index (κ1) is 28.1. The van der Waals surface area contributed by atoms with E-state index in [4.69, 9.17) is 9.47 Å². The lowest BCUT2D eigenvalue weighted by Crippen LogP contribution is -2.13. The van der Waals surface area contributed by atoms with Gasteiger partial charge in [-0.1, -0.05) is 12.1 Å². The van der Waals surface area contributed by atoms with Crippen LogP contribution in [0.4, 0.5) is 10.7 Å². The van der Waals surface area contributed by atoms with Gasteiger partial charge < -0.3 is 14.8 Å². The molecule has 198 valence electrons. The average molecular weight is 654 g/mol. The third-order valence-corrected chi connectivity index (χ3v) is 8.03. The summed E-state index contributed by atoms with van der Waals surface area (Å²) < 4.78 is 12.4. The molecule has 0 atom stereocenters. The van der Waals surface area contributed by atoms with Crippen molar-refractivity contribution in [2.45, 2.75) is 39.2 Å². The number of halogens is 1. The SMILES string of the molecule is CCOc1cc(/C=C(\C#N)C(=O)Nc2sc3c(c2C#N)CCCC3)cc(I)c1OCc1cccc([N+](=O)[O-])c1. The van der Waals surface area contributed by atoms with Crippen molar-refractivity contribution in [3.05, 3.63) is 82.8 Å². The quantitative estimate of drug-likeness (QED) is 0.0910. The van der Waals surface area contributed by atoms with E-state index < -0.39 is 10.8 Å². The number of nitriles is 2. The predicted octanol–water partition coefficient (Wildman–Crippen LogP) is 6.53. The summed E-state index contributed by atoms with van der Waals surface area (Å²) in [5, 5.41) is 33.7. The van der Waals surface area contributed by atoms with Crippen molar-refractivity contribution in [3.63, 3.8) is 0 Å². The van der Waals surface area contributed by atoms with E-state index in [0.29, 0.717) is 43.4 Å². The van der Waals surface area contributed by atoms with Gasteiger partial charge in [0.2, 0.25) is 0 Å². The molecule has 1 heterocycles. The van der Waals surface area contributed by atoms with Crippen LogP contribution in [0.15, 0.2) is 42.0 Å². The minimum Gasteiger partial charge on any atom is -0.490 e. The van der Waals surface area contributed by atoms with Crippen LogP contribution < -0.4 is 14.8 Å². The smallest absolute Gasteiger partial charge is 0.269 e. The zero-order chi connectivity index (χ0) is 27.9. The van der Waals surface area contributed by atoms with E-state index in [0.717, 1.165) is 36.1 Å². The molecule has 0 spiro atoms. The van der Waals surface area contributed by atoms with Crippen molar-refractivity contribution in [1.82, 2.24) is 0 Å². The molecule has 0 unspecified atom stereocenters. The zero-order valence-corrected chi connectivity index (χ0v) is 23.9. The van der Waals surface area contributed by atoms with Crippen molar-refractivity contribution >= 4 is 56.6 Å². The van der Waals surface area contributed by atoms with Crippen LogP contribution in [-0.2, 0) is 24.2 Å². The minimum absolute atomic E-state index is 0.0248. The Balaban J connectivity index is 1.57. The van der Waals surface area contributed by atoms with Gasteiger partial charge in [-0.3, -0.25) is 14.9 Å². The number of fused-ring (bicyclic) bond motifs is 1. The van der Waals surface area contributed by atoms with Crippen LogP contribution >= 0.6 is 33.9 Å². The molecule has 2 aromatic carbocycles. The fraction of sp³-hybridized carbons (Fsp3) is 0.250. The number of rotatable bonds is 9. The van der Waals surface area contributed by atoms with Gasteiger partial charge in [-0.05, 0) is 90.1 Å². The van der Waals surface area contributed by atoms with Gasteiger partial charge in [0.15, 0.2) is 11.5 Å². The molecule has 0 fully saturated rings. The van der Waals surface area contributed by atoms with Gasteiger partial charge in [0.05, 0.1) is 20.7 Å². The molecule has 0 bridgehead atoms. The number of non-ortho nitro benzene ring substituents is 1. The lowest BCUT2D eigenvalue weighted by atomic mass is 9.96. The number of carbonyl (C=O) groups excluding carboxylic acids is 1.